The number of hydrogen-bond donors (Lipinski definition) is 0. The minimum atomic E-state index is 0.468. The molecule has 10 heavy (non-hydrogen) atoms. The Morgan fingerprint density at radius 2 is 2.20 bits per heavy atom. The third-order valence-corrected chi connectivity index (χ3v) is 1.47. The lowest BCUT2D eigenvalue weighted by Gasteiger charge is -1.94. The van der Waals surface area contributed by atoms with Crippen LogP contribution in [0, 0.1) is 18.3 Å². The van der Waals surface area contributed by atoms with E-state index in [0.717, 1.165) is 5.56 Å². The first-order chi connectivity index (χ1) is 4.74. The molecule has 0 spiro atoms. The molecule has 1 nitrogen and oxygen atoms in total. The molecule has 0 aliphatic carbocycles. The van der Waals surface area contributed by atoms with Crippen molar-refractivity contribution >= 4 is 11.6 Å². The van der Waals surface area contributed by atoms with Crippen molar-refractivity contribution in [3.05, 3.63) is 41.3 Å². The highest BCUT2D eigenvalue weighted by Gasteiger charge is 1.96. The molecule has 0 saturated heterocycles. The molecule has 0 fully saturated rings. The van der Waals surface area contributed by atoms with E-state index in [4.69, 9.17) is 16.9 Å². The Kier molecular flexibility index (Phi) is 1.94. The van der Waals surface area contributed by atoms with Gasteiger partial charge < -0.3 is 0 Å². The van der Waals surface area contributed by atoms with Gasteiger partial charge in [-0.2, -0.15) is 5.26 Å². The predicted molar refractivity (Wildman–Crippen MR) is 40.6 cm³/mol. The zero-order valence-electron chi connectivity index (χ0n) is 5.26. The predicted octanol–water partition coefficient (Wildman–Crippen LogP) is 2.39. The van der Waals surface area contributed by atoms with Crippen molar-refractivity contribution in [1.29, 1.82) is 5.26 Å². The van der Waals surface area contributed by atoms with E-state index >= 15 is 0 Å². The molecule has 0 aromatic heterocycles. The summed E-state index contributed by atoms with van der Waals surface area (Å²) in [7, 11) is 0. The monoisotopic (exact) mass is 150 g/mol. The van der Waals surface area contributed by atoms with Gasteiger partial charge in [0, 0.05) is 0 Å². The van der Waals surface area contributed by atoms with E-state index in [9.17, 15) is 0 Å². The van der Waals surface area contributed by atoms with Crippen LogP contribution in [0.25, 0.3) is 0 Å². The smallest absolute Gasteiger partial charge is 0.101 e. The topological polar surface area (TPSA) is 23.8 Å². The number of nitriles is 1. The second kappa shape index (κ2) is 2.72. The average Bonchev–Trinajstić information content (AvgIpc) is 1.88. The summed E-state index contributed by atoms with van der Waals surface area (Å²) in [5.41, 5.74) is 1.32. The number of hydrogen-bond acceptors (Lipinski definition) is 1. The summed E-state index contributed by atoms with van der Waals surface area (Å²) >= 11 is 5.67. The van der Waals surface area contributed by atoms with Crippen LogP contribution >= 0.6 is 11.6 Å². The SMILES string of the molecule is [CH2]c1ccc(C#N)c(Cl)c1. The fourth-order valence-electron chi connectivity index (χ4n) is 0.649. The number of halogens is 1. The zero-order valence-corrected chi connectivity index (χ0v) is 6.02. The van der Waals surface area contributed by atoms with Gasteiger partial charge >= 0.3 is 0 Å². The van der Waals surface area contributed by atoms with Crippen LogP contribution < -0.4 is 0 Å². The molecule has 0 atom stereocenters. The molecular weight excluding hydrogens is 146 g/mol. The molecule has 0 N–H and O–H groups in total. The molecule has 0 aliphatic heterocycles. The van der Waals surface area contributed by atoms with Gasteiger partial charge in [-0.25, -0.2) is 0 Å². The van der Waals surface area contributed by atoms with Crippen molar-refractivity contribution in [3.8, 4) is 6.07 Å². The maximum atomic E-state index is 8.45. The number of nitrogens with zero attached hydrogens (tertiary/aromatic N) is 1. The standard InChI is InChI=1S/C8H5ClN/c1-6-2-3-7(5-10)8(9)4-6/h2-4H,1H2. The Morgan fingerprint density at radius 3 is 2.70 bits per heavy atom. The summed E-state index contributed by atoms with van der Waals surface area (Å²) in [5, 5.41) is 8.92. The molecule has 0 aliphatic rings. The van der Waals surface area contributed by atoms with Gasteiger partial charge in [0.1, 0.15) is 6.07 Å². The van der Waals surface area contributed by atoms with E-state index in [-0.39, 0.29) is 0 Å². The van der Waals surface area contributed by atoms with Crippen LogP contribution in [0.1, 0.15) is 11.1 Å². The second-order valence-corrected chi connectivity index (χ2v) is 2.33. The van der Waals surface area contributed by atoms with Crippen LogP contribution in [0.3, 0.4) is 0 Å². The summed E-state index contributed by atoms with van der Waals surface area (Å²) < 4.78 is 0. The lowest BCUT2D eigenvalue weighted by atomic mass is 10.2. The second-order valence-electron chi connectivity index (χ2n) is 1.93. The molecule has 1 rings (SSSR count). The summed E-state index contributed by atoms with van der Waals surface area (Å²) in [6.45, 7) is 3.66. The van der Waals surface area contributed by atoms with E-state index in [1.165, 1.54) is 0 Å². The average molecular weight is 151 g/mol. The summed E-state index contributed by atoms with van der Waals surface area (Å²) in [4.78, 5) is 0. The lowest BCUT2D eigenvalue weighted by Crippen LogP contribution is -1.77. The Morgan fingerprint density at radius 1 is 1.50 bits per heavy atom. The maximum absolute atomic E-state index is 8.45. The van der Waals surface area contributed by atoms with Gasteiger partial charge in [-0.1, -0.05) is 17.7 Å². The molecule has 0 unspecified atom stereocenters. The van der Waals surface area contributed by atoms with E-state index in [1.54, 1.807) is 18.2 Å². The van der Waals surface area contributed by atoms with Crippen LogP contribution in [0.4, 0.5) is 0 Å². The number of benzene rings is 1. The first-order valence-electron chi connectivity index (χ1n) is 2.75. The molecule has 1 aromatic rings. The first-order valence-corrected chi connectivity index (χ1v) is 3.13. The fraction of sp³-hybridized carbons (Fsp3) is 0. The van der Waals surface area contributed by atoms with Crippen LogP contribution in [-0.2, 0) is 0 Å². The molecular formula is C8H5ClN. The van der Waals surface area contributed by atoms with Gasteiger partial charge in [0.05, 0.1) is 10.6 Å². The zero-order chi connectivity index (χ0) is 7.56. The molecule has 0 bridgehead atoms. The fourth-order valence-corrected chi connectivity index (χ4v) is 0.895. The highest BCUT2D eigenvalue weighted by Crippen LogP contribution is 2.15. The molecule has 2 heteroatoms. The quantitative estimate of drug-likeness (QED) is 0.557. The highest BCUT2D eigenvalue weighted by molar-refractivity contribution is 6.31. The molecule has 0 amide bonds. The van der Waals surface area contributed by atoms with Crippen molar-refractivity contribution in [2.75, 3.05) is 0 Å². The first kappa shape index (κ1) is 7.11. The third kappa shape index (κ3) is 1.29. The van der Waals surface area contributed by atoms with Crippen molar-refractivity contribution in [2.45, 2.75) is 0 Å². The van der Waals surface area contributed by atoms with Gasteiger partial charge in [-0.15, -0.1) is 0 Å². The normalized spacial score (nSPS) is 8.90. The van der Waals surface area contributed by atoms with Crippen molar-refractivity contribution < 1.29 is 0 Å². The lowest BCUT2D eigenvalue weighted by molar-refractivity contribution is 1.47. The maximum Gasteiger partial charge on any atom is 0.101 e. The molecule has 1 radical (unpaired) electrons. The Balaban J connectivity index is 3.23. The van der Waals surface area contributed by atoms with Gasteiger partial charge in [-0.05, 0) is 24.6 Å². The summed E-state index contributed by atoms with van der Waals surface area (Å²) in [6, 6.07) is 7.04. The van der Waals surface area contributed by atoms with Crippen LogP contribution in [0.2, 0.25) is 5.02 Å². The Labute approximate surface area is 64.9 Å². The van der Waals surface area contributed by atoms with Crippen molar-refractivity contribution in [2.24, 2.45) is 0 Å². The molecule has 0 saturated carbocycles. The Bertz CT molecular complexity index is 286. The van der Waals surface area contributed by atoms with Gasteiger partial charge in [0.2, 0.25) is 0 Å². The summed E-state index contributed by atoms with van der Waals surface area (Å²) in [5.74, 6) is 0. The van der Waals surface area contributed by atoms with Crippen molar-refractivity contribution in [3.63, 3.8) is 0 Å². The molecule has 0 heterocycles. The molecule has 1 aromatic carbocycles. The van der Waals surface area contributed by atoms with E-state index in [1.807, 2.05) is 6.07 Å². The minimum absolute atomic E-state index is 0.468. The number of rotatable bonds is 0. The van der Waals surface area contributed by atoms with Crippen LogP contribution in [0.15, 0.2) is 18.2 Å². The van der Waals surface area contributed by atoms with Crippen LogP contribution in [-0.4, -0.2) is 0 Å². The largest absolute Gasteiger partial charge is 0.192 e. The highest BCUT2D eigenvalue weighted by atomic mass is 35.5. The summed E-state index contributed by atoms with van der Waals surface area (Å²) in [6.07, 6.45) is 0. The van der Waals surface area contributed by atoms with Crippen LogP contribution in [0.5, 0.6) is 0 Å². The van der Waals surface area contributed by atoms with Crippen molar-refractivity contribution in [1.82, 2.24) is 0 Å². The van der Waals surface area contributed by atoms with Gasteiger partial charge in [0.15, 0.2) is 0 Å². The molecule has 49 valence electrons. The van der Waals surface area contributed by atoms with E-state index < -0.39 is 0 Å². The van der Waals surface area contributed by atoms with Gasteiger partial charge in [0.25, 0.3) is 0 Å². The third-order valence-electron chi connectivity index (χ3n) is 1.15. The minimum Gasteiger partial charge on any atom is -0.192 e. The van der Waals surface area contributed by atoms with E-state index in [0.29, 0.717) is 10.6 Å². The van der Waals surface area contributed by atoms with Gasteiger partial charge in [-0.3, -0.25) is 0 Å². The Hall–Kier alpha value is -1.00. The van der Waals surface area contributed by atoms with E-state index in [2.05, 4.69) is 6.92 Å².